The van der Waals surface area contributed by atoms with Crippen LogP contribution in [0.25, 0.3) is 0 Å². The van der Waals surface area contributed by atoms with E-state index in [9.17, 15) is 4.79 Å². The minimum Gasteiger partial charge on any atom is -0.377 e. The van der Waals surface area contributed by atoms with Crippen molar-refractivity contribution < 1.29 is 9.53 Å². The molecule has 1 aromatic carbocycles. The smallest absolute Gasteiger partial charge is 0.231 e. The molecule has 0 aliphatic heterocycles. The molecule has 0 saturated heterocycles. The summed E-state index contributed by atoms with van der Waals surface area (Å²) < 4.78 is 5.29. The molecule has 0 aromatic heterocycles. The SMILES string of the molecule is CCC(CC)(CN)C(=O)Nc1cccc(C(C)OC)c1. The van der Waals surface area contributed by atoms with E-state index in [-0.39, 0.29) is 12.0 Å². The van der Waals surface area contributed by atoms with Crippen molar-refractivity contribution in [2.75, 3.05) is 19.0 Å². The summed E-state index contributed by atoms with van der Waals surface area (Å²) in [7, 11) is 1.67. The van der Waals surface area contributed by atoms with Crippen LogP contribution >= 0.6 is 0 Å². The Hall–Kier alpha value is -1.39. The van der Waals surface area contributed by atoms with E-state index >= 15 is 0 Å². The number of carbonyl (C=O) groups excluding carboxylic acids is 1. The first-order valence-corrected chi connectivity index (χ1v) is 7.17. The van der Waals surface area contributed by atoms with Crippen LogP contribution in [0, 0.1) is 5.41 Å². The van der Waals surface area contributed by atoms with Crippen molar-refractivity contribution in [3.8, 4) is 0 Å². The number of benzene rings is 1. The van der Waals surface area contributed by atoms with Gasteiger partial charge < -0.3 is 15.8 Å². The Morgan fingerprint density at radius 1 is 1.40 bits per heavy atom. The molecule has 112 valence electrons. The van der Waals surface area contributed by atoms with E-state index in [1.807, 2.05) is 45.0 Å². The lowest BCUT2D eigenvalue weighted by Gasteiger charge is -2.28. The second-order valence-corrected chi connectivity index (χ2v) is 5.15. The Kier molecular flexibility index (Phi) is 6.17. The zero-order valence-corrected chi connectivity index (χ0v) is 12.9. The third-order valence-electron chi connectivity index (χ3n) is 4.19. The van der Waals surface area contributed by atoms with Gasteiger partial charge >= 0.3 is 0 Å². The number of methoxy groups -OCH3 is 1. The van der Waals surface area contributed by atoms with Crippen LogP contribution in [-0.4, -0.2) is 19.6 Å². The van der Waals surface area contributed by atoms with Gasteiger partial charge in [-0.2, -0.15) is 0 Å². The average molecular weight is 278 g/mol. The van der Waals surface area contributed by atoms with Crippen molar-refractivity contribution in [1.82, 2.24) is 0 Å². The van der Waals surface area contributed by atoms with Gasteiger partial charge in [0.05, 0.1) is 11.5 Å². The van der Waals surface area contributed by atoms with Crippen LogP contribution in [0.4, 0.5) is 5.69 Å². The molecule has 0 radical (unpaired) electrons. The lowest BCUT2D eigenvalue weighted by atomic mass is 9.81. The number of rotatable bonds is 7. The van der Waals surface area contributed by atoms with Gasteiger partial charge in [0.1, 0.15) is 0 Å². The van der Waals surface area contributed by atoms with Gasteiger partial charge in [0.15, 0.2) is 0 Å². The normalized spacial score (nSPS) is 13.1. The summed E-state index contributed by atoms with van der Waals surface area (Å²) in [6.45, 7) is 6.34. The monoisotopic (exact) mass is 278 g/mol. The van der Waals surface area contributed by atoms with Crippen LogP contribution in [0.1, 0.15) is 45.3 Å². The molecule has 1 aromatic rings. The van der Waals surface area contributed by atoms with Crippen LogP contribution in [-0.2, 0) is 9.53 Å². The molecule has 0 bridgehead atoms. The van der Waals surface area contributed by atoms with E-state index in [0.29, 0.717) is 6.54 Å². The topological polar surface area (TPSA) is 64.4 Å². The van der Waals surface area contributed by atoms with Gasteiger partial charge in [-0.15, -0.1) is 0 Å². The highest BCUT2D eigenvalue weighted by Gasteiger charge is 2.33. The van der Waals surface area contributed by atoms with Crippen molar-refractivity contribution in [3.63, 3.8) is 0 Å². The van der Waals surface area contributed by atoms with Crippen LogP contribution in [0.5, 0.6) is 0 Å². The Labute approximate surface area is 121 Å². The van der Waals surface area contributed by atoms with Gasteiger partial charge in [0.25, 0.3) is 0 Å². The van der Waals surface area contributed by atoms with Crippen LogP contribution in [0.15, 0.2) is 24.3 Å². The molecule has 1 atom stereocenters. The third-order valence-corrected chi connectivity index (χ3v) is 4.19. The molecule has 20 heavy (non-hydrogen) atoms. The number of hydrogen-bond acceptors (Lipinski definition) is 3. The first-order chi connectivity index (χ1) is 9.52. The standard InChI is InChI=1S/C16H26N2O2/c1-5-16(6-2,11-17)15(19)18-14-9-7-8-13(10-14)12(3)20-4/h7-10,12H,5-6,11,17H2,1-4H3,(H,18,19). The highest BCUT2D eigenvalue weighted by atomic mass is 16.5. The van der Waals surface area contributed by atoms with Crippen molar-refractivity contribution in [1.29, 1.82) is 0 Å². The fourth-order valence-corrected chi connectivity index (χ4v) is 2.22. The summed E-state index contributed by atoms with van der Waals surface area (Å²) in [5.41, 5.74) is 7.15. The van der Waals surface area contributed by atoms with E-state index in [0.717, 1.165) is 24.1 Å². The Morgan fingerprint density at radius 3 is 2.55 bits per heavy atom. The van der Waals surface area contributed by atoms with E-state index in [2.05, 4.69) is 5.32 Å². The highest BCUT2D eigenvalue weighted by molar-refractivity contribution is 5.95. The van der Waals surface area contributed by atoms with E-state index in [1.54, 1.807) is 7.11 Å². The maximum absolute atomic E-state index is 12.5. The fourth-order valence-electron chi connectivity index (χ4n) is 2.22. The first kappa shape index (κ1) is 16.7. The summed E-state index contributed by atoms with van der Waals surface area (Å²) in [5.74, 6) is -0.00720. The molecule has 0 aliphatic rings. The Morgan fingerprint density at radius 2 is 2.05 bits per heavy atom. The van der Waals surface area contributed by atoms with Crippen molar-refractivity contribution in [2.24, 2.45) is 11.1 Å². The Balaban J connectivity index is 2.90. The lowest BCUT2D eigenvalue weighted by molar-refractivity contribution is -0.125. The summed E-state index contributed by atoms with van der Waals surface area (Å²) >= 11 is 0. The minimum absolute atomic E-state index is 0.00321. The van der Waals surface area contributed by atoms with E-state index < -0.39 is 5.41 Å². The van der Waals surface area contributed by atoms with Crippen LogP contribution < -0.4 is 11.1 Å². The zero-order valence-electron chi connectivity index (χ0n) is 12.9. The van der Waals surface area contributed by atoms with Gasteiger partial charge in [0.2, 0.25) is 5.91 Å². The maximum Gasteiger partial charge on any atom is 0.231 e. The van der Waals surface area contributed by atoms with E-state index in [4.69, 9.17) is 10.5 Å². The van der Waals surface area contributed by atoms with Gasteiger partial charge in [-0.1, -0.05) is 26.0 Å². The third kappa shape index (κ3) is 3.58. The largest absolute Gasteiger partial charge is 0.377 e. The molecule has 0 spiro atoms. The molecule has 1 unspecified atom stereocenters. The quantitative estimate of drug-likeness (QED) is 0.805. The number of carbonyl (C=O) groups is 1. The molecule has 4 heteroatoms. The van der Waals surface area contributed by atoms with Crippen molar-refractivity contribution >= 4 is 11.6 Å². The van der Waals surface area contributed by atoms with Gasteiger partial charge in [-0.3, -0.25) is 4.79 Å². The summed E-state index contributed by atoms with van der Waals surface area (Å²) in [5, 5.41) is 2.98. The average Bonchev–Trinajstić information content (AvgIpc) is 2.49. The summed E-state index contributed by atoms with van der Waals surface area (Å²) in [6, 6.07) is 7.73. The molecule has 1 amide bonds. The van der Waals surface area contributed by atoms with Gasteiger partial charge in [-0.05, 0) is 37.5 Å². The predicted molar refractivity (Wildman–Crippen MR) is 82.6 cm³/mol. The number of nitrogens with two attached hydrogens (primary N) is 1. The maximum atomic E-state index is 12.5. The van der Waals surface area contributed by atoms with Crippen molar-refractivity contribution in [2.45, 2.75) is 39.7 Å². The molecule has 1 rings (SSSR count). The highest BCUT2D eigenvalue weighted by Crippen LogP contribution is 2.27. The van der Waals surface area contributed by atoms with Gasteiger partial charge in [-0.25, -0.2) is 0 Å². The fraction of sp³-hybridized carbons (Fsp3) is 0.562. The minimum atomic E-state index is -0.483. The number of ether oxygens (including phenoxy) is 1. The number of anilines is 1. The molecule has 0 fully saturated rings. The summed E-state index contributed by atoms with van der Waals surface area (Å²) in [6.07, 6.45) is 1.48. The molecule has 4 nitrogen and oxygen atoms in total. The van der Waals surface area contributed by atoms with Crippen molar-refractivity contribution in [3.05, 3.63) is 29.8 Å². The number of amides is 1. The first-order valence-electron chi connectivity index (χ1n) is 7.17. The van der Waals surface area contributed by atoms with E-state index in [1.165, 1.54) is 0 Å². The molecule has 0 saturated carbocycles. The molecular weight excluding hydrogens is 252 g/mol. The second-order valence-electron chi connectivity index (χ2n) is 5.15. The van der Waals surface area contributed by atoms with Crippen LogP contribution in [0.3, 0.4) is 0 Å². The van der Waals surface area contributed by atoms with Crippen LogP contribution in [0.2, 0.25) is 0 Å². The molecule has 0 heterocycles. The molecular formula is C16H26N2O2. The predicted octanol–water partition coefficient (Wildman–Crippen LogP) is 3.10. The number of nitrogens with one attached hydrogen (secondary N) is 1. The molecule has 0 aliphatic carbocycles. The van der Waals surface area contributed by atoms with Gasteiger partial charge in [0, 0.05) is 19.3 Å². The lowest BCUT2D eigenvalue weighted by Crippen LogP contribution is -2.41. The second kappa shape index (κ2) is 7.41. The number of hydrogen-bond donors (Lipinski definition) is 2. The summed E-state index contributed by atoms with van der Waals surface area (Å²) in [4.78, 5) is 12.5. The Bertz CT molecular complexity index is 434. The molecule has 3 N–H and O–H groups in total. The zero-order chi connectivity index (χ0) is 15.2.